The van der Waals surface area contributed by atoms with E-state index in [-0.39, 0.29) is 6.61 Å². The number of ether oxygens (including phenoxy) is 1. The van der Waals surface area contributed by atoms with Crippen LogP contribution in [0.25, 0.3) is 0 Å². The molecule has 1 aliphatic rings. The van der Waals surface area contributed by atoms with Gasteiger partial charge >= 0.3 is 6.09 Å². The van der Waals surface area contributed by atoms with E-state index < -0.39 is 30.0 Å². The van der Waals surface area contributed by atoms with Crippen molar-refractivity contribution in [2.24, 2.45) is 5.73 Å². The Morgan fingerprint density at radius 3 is 2.55 bits per heavy atom. The number of imide groups is 1. The lowest BCUT2D eigenvalue weighted by atomic mass is 10.0. The van der Waals surface area contributed by atoms with Gasteiger partial charge in [0, 0.05) is 12.7 Å². The Labute approximate surface area is 206 Å². The van der Waals surface area contributed by atoms with Gasteiger partial charge in [-0.15, -0.1) is 0 Å². The summed E-state index contributed by atoms with van der Waals surface area (Å²) in [5.74, 6) is -1.10. The van der Waals surface area contributed by atoms with E-state index in [4.69, 9.17) is 10.5 Å². The number of nitrogens with two attached hydrogens (primary N) is 1. The first-order chi connectivity index (χ1) is 15.7. The van der Waals surface area contributed by atoms with Crippen molar-refractivity contribution < 1.29 is 19.1 Å². The van der Waals surface area contributed by atoms with Gasteiger partial charge in [-0.05, 0) is 78.3 Å². The Kier molecular flexibility index (Phi) is 8.09. The molecule has 0 bridgehead atoms. The first kappa shape index (κ1) is 24.7. The highest BCUT2D eigenvalue weighted by atomic mass is 127. The standard InChI is InChI=1S/C24H27IN4O4/c1-15(26)22(30)27-16(2)23(31)29(24(32)33-14-17-7-5-4-6-8-17)19-10-11-20-18(13-19)9-12-21(25)28(20)3/h4-8,10-13,15-16H,9,14,26H2,1-3H3,(H,27,30)/t15-,16-/m0/s1. The molecule has 3 N–H and O–H groups in total. The zero-order valence-corrected chi connectivity index (χ0v) is 20.9. The van der Waals surface area contributed by atoms with Gasteiger partial charge < -0.3 is 20.7 Å². The monoisotopic (exact) mass is 562 g/mol. The molecule has 0 saturated carbocycles. The molecular weight excluding hydrogens is 535 g/mol. The maximum atomic E-state index is 13.3. The van der Waals surface area contributed by atoms with Gasteiger partial charge in [-0.1, -0.05) is 30.3 Å². The molecule has 0 saturated heterocycles. The molecule has 0 aliphatic carbocycles. The summed E-state index contributed by atoms with van der Waals surface area (Å²) in [6, 6.07) is 12.8. The quantitative estimate of drug-likeness (QED) is 0.413. The van der Waals surface area contributed by atoms with Gasteiger partial charge in [-0.3, -0.25) is 9.59 Å². The molecule has 8 nitrogen and oxygen atoms in total. The van der Waals surface area contributed by atoms with Crippen LogP contribution in [0.3, 0.4) is 0 Å². The molecule has 9 heteroatoms. The first-order valence-electron chi connectivity index (χ1n) is 10.5. The van der Waals surface area contributed by atoms with E-state index >= 15 is 0 Å². The van der Waals surface area contributed by atoms with Gasteiger partial charge in [-0.2, -0.15) is 0 Å². The molecule has 1 heterocycles. The van der Waals surface area contributed by atoms with Crippen LogP contribution < -0.4 is 20.9 Å². The Balaban J connectivity index is 1.89. The summed E-state index contributed by atoms with van der Waals surface area (Å²) in [4.78, 5) is 41.4. The highest BCUT2D eigenvalue weighted by Crippen LogP contribution is 2.34. The Morgan fingerprint density at radius 1 is 1.18 bits per heavy atom. The van der Waals surface area contributed by atoms with E-state index in [1.165, 1.54) is 13.8 Å². The fraction of sp³-hybridized carbons (Fsp3) is 0.292. The number of hydrogen-bond donors (Lipinski definition) is 2. The van der Waals surface area contributed by atoms with E-state index in [2.05, 4.69) is 34.0 Å². The molecule has 2 aromatic rings. The molecule has 3 rings (SSSR count). The molecule has 0 aromatic heterocycles. The summed E-state index contributed by atoms with van der Waals surface area (Å²) in [7, 11) is 1.96. The SMILES string of the molecule is C[C@H](N)C(=O)N[C@@H](C)C(=O)N(C(=O)OCc1ccccc1)c1ccc2c(c1)CC=C(I)N2C. The number of nitrogens with zero attached hydrogens (tertiary/aromatic N) is 2. The summed E-state index contributed by atoms with van der Waals surface area (Å²) in [6.07, 6.45) is 1.92. The third-order valence-electron chi connectivity index (χ3n) is 5.24. The number of hydrogen-bond acceptors (Lipinski definition) is 6. The summed E-state index contributed by atoms with van der Waals surface area (Å²) in [5.41, 5.74) is 8.74. The van der Waals surface area contributed by atoms with Crippen molar-refractivity contribution in [3.05, 3.63) is 69.4 Å². The molecule has 0 radical (unpaired) electrons. The fourth-order valence-corrected chi connectivity index (χ4v) is 3.83. The third-order valence-corrected chi connectivity index (χ3v) is 6.41. The molecule has 0 unspecified atom stereocenters. The largest absolute Gasteiger partial charge is 0.444 e. The van der Waals surface area contributed by atoms with Crippen LogP contribution in [0.4, 0.5) is 16.2 Å². The minimum Gasteiger partial charge on any atom is -0.444 e. The molecule has 0 spiro atoms. The van der Waals surface area contributed by atoms with Crippen LogP contribution in [0.15, 0.2) is 58.3 Å². The number of nitrogens with one attached hydrogen (secondary N) is 1. The average Bonchev–Trinajstić information content (AvgIpc) is 2.80. The second-order valence-electron chi connectivity index (χ2n) is 7.84. The summed E-state index contributed by atoms with van der Waals surface area (Å²) >= 11 is 2.26. The minimum absolute atomic E-state index is 0.0125. The third kappa shape index (κ3) is 5.91. The molecule has 3 amide bonds. The van der Waals surface area contributed by atoms with Crippen LogP contribution in [-0.4, -0.2) is 37.0 Å². The van der Waals surface area contributed by atoms with Gasteiger partial charge in [0.15, 0.2) is 0 Å². The average molecular weight is 562 g/mol. The maximum absolute atomic E-state index is 13.3. The van der Waals surface area contributed by atoms with Gasteiger partial charge in [-0.25, -0.2) is 9.69 Å². The number of fused-ring (bicyclic) bond motifs is 1. The van der Waals surface area contributed by atoms with E-state index in [1.807, 2.05) is 48.3 Å². The molecule has 33 heavy (non-hydrogen) atoms. The lowest BCUT2D eigenvalue weighted by molar-refractivity contribution is -0.127. The second-order valence-corrected chi connectivity index (χ2v) is 8.94. The molecule has 1 aliphatic heterocycles. The number of benzene rings is 2. The van der Waals surface area contributed by atoms with Gasteiger partial charge in [0.25, 0.3) is 5.91 Å². The van der Waals surface area contributed by atoms with Crippen molar-refractivity contribution in [2.45, 2.75) is 39.0 Å². The fourth-order valence-electron chi connectivity index (χ4n) is 3.35. The molecule has 0 fully saturated rings. The van der Waals surface area contributed by atoms with Crippen LogP contribution in [0.5, 0.6) is 0 Å². The normalized spacial score (nSPS) is 14.5. The summed E-state index contributed by atoms with van der Waals surface area (Å²) in [6.45, 7) is 3.04. The topological polar surface area (TPSA) is 105 Å². The number of rotatable bonds is 6. The van der Waals surface area contributed by atoms with Gasteiger partial charge in [0.1, 0.15) is 12.6 Å². The van der Waals surface area contributed by atoms with Crippen molar-refractivity contribution >= 4 is 51.9 Å². The van der Waals surface area contributed by atoms with E-state index in [9.17, 15) is 14.4 Å². The van der Waals surface area contributed by atoms with E-state index in [1.54, 1.807) is 12.1 Å². The molecule has 174 valence electrons. The lowest BCUT2D eigenvalue weighted by Gasteiger charge is -2.29. The van der Waals surface area contributed by atoms with Crippen molar-refractivity contribution in [1.82, 2.24) is 5.32 Å². The Bertz CT molecular complexity index is 1070. The predicted octanol–water partition coefficient (Wildman–Crippen LogP) is 3.48. The van der Waals surface area contributed by atoms with Crippen LogP contribution in [0.2, 0.25) is 0 Å². The Morgan fingerprint density at radius 2 is 1.88 bits per heavy atom. The van der Waals surface area contributed by atoms with Crippen molar-refractivity contribution in [2.75, 3.05) is 16.8 Å². The number of allylic oxidation sites excluding steroid dienone is 1. The summed E-state index contributed by atoms with van der Waals surface area (Å²) < 4.78 is 6.55. The minimum atomic E-state index is -0.979. The van der Waals surface area contributed by atoms with Crippen molar-refractivity contribution in [3.8, 4) is 0 Å². The summed E-state index contributed by atoms with van der Waals surface area (Å²) in [5, 5.41) is 2.55. The van der Waals surface area contributed by atoms with E-state index in [0.717, 1.165) is 25.4 Å². The van der Waals surface area contributed by atoms with Gasteiger partial charge in [0.05, 0.1) is 15.4 Å². The van der Waals surface area contributed by atoms with Crippen LogP contribution in [0.1, 0.15) is 25.0 Å². The molecule has 2 aromatic carbocycles. The van der Waals surface area contributed by atoms with Crippen LogP contribution >= 0.6 is 22.6 Å². The predicted molar refractivity (Wildman–Crippen MR) is 136 cm³/mol. The maximum Gasteiger partial charge on any atom is 0.421 e. The lowest BCUT2D eigenvalue weighted by Crippen LogP contribution is -2.52. The van der Waals surface area contributed by atoms with E-state index in [0.29, 0.717) is 12.1 Å². The number of halogens is 1. The van der Waals surface area contributed by atoms with Crippen molar-refractivity contribution in [1.29, 1.82) is 0 Å². The number of carbonyl (C=O) groups is 3. The number of anilines is 2. The van der Waals surface area contributed by atoms with Crippen molar-refractivity contribution in [3.63, 3.8) is 0 Å². The smallest absolute Gasteiger partial charge is 0.421 e. The highest BCUT2D eigenvalue weighted by molar-refractivity contribution is 14.1. The Hall–Kier alpha value is -2.92. The zero-order chi connectivity index (χ0) is 24.1. The highest BCUT2D eigenvalue weighted by Gasteiger charge is 2.31. The van der Waals surface area contributed by atoms with Crippen LogP contribution in [-0.2, 0) is 27.4 Å². The van der Waals surface area contributed by atoms with Crippen LogP contribution in [0, 0.1) is 0 Å². The zero-order valence-electron chi connectivity index (χ0n) is 18.7. The molecule has 2 atom stereocenters. The second kappa shape index (κ2) is 10.8. The first-order valence-corrected chi connectivity index (χ1v) is 11.6. The van der Waals surface area contributed by atoms with Gasteiger partial charge in [0.2, 0.25) is 5.91 Å². The molecular formula is C24H27IN4O4. The number of carbonyl (C=O) groups excluding carboxylic acids is 3. The number of amides is 3.